The topological polar surface area (TPSA) is 83.0 Å². The maximum absolute atomic E-state index is 12.9. The maximum Gasteiger partial charge on any atom is 0.410 e. The fraction of sp³-hybridized carbons (Fsp3) is 0.450. The minimum atomic E-state index is -0.314. The van der Waals surface area contributed by atoms with E-state index in [0.29, 0.717) is 43.7 Å². The monoisotopic (exact) mass is 369 g/mol. The number of likely N-dealkylation sites (tertiary alicyclic amines) is 1. The Morgan fingerprint density at radius 1 is 1.22 bits per heavy atom. The summed E-state index contributed by atoms with van der Waals surface area (Å²) in [5.74, 6) is -0.0857. The highest BCUT2D eigenvalue weighted by molar-refractivity contribution is 5.96. The molecule has 2 fully saturated rings. The van der Waals surface area contributed by atoms with Gasteiger partial charge in [-0.25, -0.2) is 9.78 Å². The van der Waals surface area contributed by atoms with Gasteiger partial charge < -0.3 is 14.7 Å². The lowest BCUT2D eigenvalue weighted by atomic mass is 9.97. The van der Waals surface area contributed by atoms with Crippen LogP contribution in [0.1, 0.15) is 37.2 Å². The van der Waals surface area contributed by atoms with Gasteiger partial charge in [0.05, 0.1) is 5.54 Å². The van der Waals surface area contributed by atoms with Crippen LogP contribution >= 0.6 is 0 Å². The highest BCUT2D eigenvalue weighted by Crippen LogP contribution is 2.31. The summed E-state index contributed by atoms with van der Waals surface area (Å²) in [5.41, 5.74) is 0.439. The fourth-order valence-electron chi connectivity index (χ4n) is 4.01. The number of cyclic esters (lactones) is 1. The number of ether oxygens (including phenoxy) is 1. The molecule has 2 aromatic rings. The van der Waals surface area contributed by atoms with E-state index in [1.165, 1.54) is 0 Å². The number of fused-ring (bicyclic) bond motifs is 1. The molecule has 2 amide bonds. The van der Waals surface area contributed by atoms with Crippen LogP contribution in [0.15, 0.2) is 30.3 Å². The van der Waals surface area contributed by atoms with Crippen LogP contribution in [0.3, 0.4) is 0 Å². The number of benzene rings is 1. The highest BCUT2D eigenvalue weighted by atomic mass is 16.6. The second-order valence-electron chi connectivity index (χ2n) is 7.81. The lowest BCUT2D eigenvalue weighted by Gasteiger charge is -2.40. The number of para-hydroxylation sites is 1. The van der Waals surface area contributed by atoms with Gasteiger partial charge in [0.15, 0.2) is 0 Å². The normalized spacial score (nSPS) is 20.1. The van der Waals surface area contributed by atoms with E-state index >= 15 is 0 Å². The standard InChI is InChI=1S/C20H23N3O4/c1-20(2)12-27-19(26)23(20)14-8-10-22(11-9-14)18(25)15-7-6-13-4-3-5-16(24)17(13)21-15/h3-7,14,24H,8-12H2,1-2H3. The van der Waals surface area contributed by atoms with Crippen LogP contribution in [0.25, 0.3) is 10.9 Å². The molecule has 1 aromatic carbocycles. The third kappa shape index (κ3) is 3.07. The molecule has 0 atom stereocenters. The highest BCUT2D eigenvalue weighted by Gasteiger charge is 2.44. The van der Waals surface area contributed by atoms with Gasteiger partial charge >= 0.3 is 6.09 Å². The lowest BCUT2D eigenvalue weighted by molar-refractivity contribution is 0.0584. The summed E-state index contributed by atoms with van der Waals surface area (Å²) < 4.78 is 5.20. The molecule has 4 rings (SSSR count). The van der Waals surface area contributed by atoms with E-state index in [0.717, 1.165) is 5.39 Å². The maximum atomic E-state index is 12.9. The molecule has 27 heavy (non-hydrogen) atoms. The Hall–Kier alpha value is -2.83. The van der Waals surface area contributed by atoms with Crippen LogP contribution in [0.4, 0.5) is 4.79 Å². The number of rotatable bonds is 2. The molecule has 0 spiro atoms. The number of carbonyl (C=O) groups excluding carboxylic acids is 2. The first kappa shape index (κ1) is 17.6. The zero-order chi connectivity index (χ0) is 19.2. The predicted octanol–water partition coefficient (Wildman–Crippen LogP) is 2.78. The molecular weight excluding hydrogens is 346 g/mol. The van der Waals surface area contributed by atoms with E-state index in [1.54, 1.807) is 29.2 Å². The van der Waals surface area contributed by atoms with Crippen LogP contribution in [0, 0.1) is 0 Å². The van der Waals surface area contributed by atoms with Gasteiger partial charge in [-0.1, -0.05) is 18.2 Å². The molecule has 3 heterocycles. The first-order valence-corrected chi connectivity index (χ1v) is 9.21. The number of nitrogens with zero attached hydrogens (tertiary/aromatic N) is 3. The summed E-state index contributed by atoms with van der Waals surface area (Å²) >= 11 is 0. The minimum Gasteiger partial charge on any atom is -0.506 e. The molecule has 0 saturated carbocycles. The Kier molecular flexibility index (Phi) is 4.17. The Morgan fingerprint density at radius 3 is 2.63 bits per heavy atom. The fourth-order valence-corrected chi connectivity index (χ4v) is 4.01. The van der Waals surface area contributed by atoms with Gasteiger partial charge in [-0.15, -0.1) is 0 Å². The molecule has 0 radical (unpaired) electrons. The number of amides is 2. The Labute approximate surface area is 157 Å². The van der Waals surface area contributed by atoms with Gasteiger partial charge in [-0.2, -0.15) is 0 Å². The molecular formula is C20H23N3O4. The van der Waals surface area contributed by atoms with E-state index < -0.39 is 0 Å². The second kappa shape index (κ2) is 6.40. The summed E-state index contributed by atoms with van der Waals surface area (Å²) in [4.78, 5) is 32.9. The first-order valence-electron chi connectivity index (χ1n) is 9.21. The molecule has 2 aliphatic heterocycles. The number of piperidine rings is 1. The van der Waals surface area contributed by atoms with Gasteiger partial charge in [0.1, 0.15) is 23.6 Å². The van der Waals surface area contributed by atoms with E-state index in [4.69, 9.17) is 4.74 Å². The SMILES string of the molecule is CC1(C)COC(=O)N1C1CCN(C(=O)c2ccc3cccc(O)c3n2)CC1. The summed E-state index contributed by atoms with van der Waals surface area (Å²) in [5, 5.41) is 10.8. The van der Waals surface area contributed by atoms with Crippen LogP contribution in [-0.2, 0) is 4.74 Å². The van der Waals surface area contributed by atoms with Crippen molar-refractivity contribution in [1.29, 1.82) is 0 Å². The van der Waals surface area contributed by atoms with Crippen molar-refractivity contribution < 1.29 is 19.4 Å². The number of carbonyl (C=O) groups is 2. The van der Waals surface area contributed by atoms with E-state index in [1.807, 2.05) is 24.8 Å². The number of phenolic OH excluding ortho intramolecular Hbond substituents is 1. The van der Waals surface area contributed by atoms with Crippen LogP contribution < -0.4 is 0 Å². The molecule has 1 aromatic heterocycles. The molecule has 0 unspecified atom stereocenters. The molecule has 7 heteroatoms. The molecule has 1 N–H and O–H groups in total. The second-order valence-corrected chi connectivity index (χ2v) is 7.81. The zero-order valence-electron chi connectivity index (χ0n) is 15.5. The average Bonchev–Trinajstić information content (AvgIpc) is 2.94. The van der Waals surface area contributed by atoms with Crippen LogP contribution in [0.2, 0.25) is 0 Å². The zero-order valence-corrected chi connectivity index (χ0v) is 15.5. The number of hydrogen-bond acceptors (Lipinski definition) is 5. The van der Waals surface area contributed by atoms with Crippen molar-refractivity contribution in [3.8, 4) is 5.75 Å². The van der Waals surface area contributed by atoms with Crippen molar-refractivity contribution in [3.05, 3.63) is 36.0 Å². The third-order valence-electron chi connectivity index (χ3n) is 5.43. The van der Waals surface area contributed by atoms with Crippen molar-refractivity contribution in [2.24, 2.45) is 0 Å². The van der Waals surface area contributed by atoms with Gasteiger partial charge in [-0.05, 0) is 38.8 Å². The quantitative estimate of drug-likeness (QED) is 0.880. The Morgan fingerprint density at radius 2 is 1.96 bits per heavy atom. The minimum absolute atomic E-state index is 0.0654. The molecule has 0 bridgehead atoms. The molecule has 142 valence electrons. The Bertz CT molecular complexity index is 903. The molecule has 2 aliphatic rings. The van der Waals surface area contributed by atoms with Crippen molar-refractivity contribution in [1.82, 2.24) is 14.8 Å². The number of hydrogen-bond donors (Lipinski definition) is 1. The number of aromatic hydroxyl groups is 1. The lowest BCUT2D eigenvalue weighted by Crippen LogP contribution is -2.53. The first-order chi connectivity index (χ1) is 12.9. The van der Waals surface area contributed by atoms with E-state index in [9.17, 15) is 14.7 Å². The van der Waals surface area contributed by atoms with Crippen molar-refractivity contribution >= 4 is 22.9 Å². The predicted molar refractivity (Wildman–Crippen MR) is 99.6 cm³/mol. The van der Waals surface area contributed by atoms with Crippen molar-refractivity contribution in [3.63, 3.8) is 0 Å². The van der Waals surface area contributed by atoms with E-state index in [-0.39, 0.29) is 29.3 Å². The number of phenols is 1. The summed E-state index contributed by atoms with van der Waals surface area (Å²) in [6, 6.07) is 8.72. The number of pyridine rings is 1. The van der Waals surface area contributed by atoms with Gasteiger partial charge in [0.25, 0.3) is 5.91 Å². The molecule has 2 saturated heterocycles. The molecule has 7 nitrogen and oxygen atoms in total. The molecule has 0 aliphatic carbocycles. The summed E-state index contributed by atoms with van der Waals surface area (Å²) in [7, 11) is 0. The van der Waals surface area contributed by atoms with Crippen molar-refractivity contribution in [2.75, 3.05) is 19.7 Å². The summed E-state index contributed by atoms with van der Waals surface area (Å²) in [6.07, 6.45) is 1.16. The van der Waals surface area contributed by atoms with E-state index in [2.05, 4.69) is 4.98 Å². The summed E-state index contributed by atoms with van der Waals surface area (Å²) in [6.45, 7) is 5.52. The number of aromatic nitrogens is 1. The van der Waals surface area contributed by atoms with Gasteiger partial charge in [0.2, 0.25) is 0 Å². The van der Waals surface area contributed by atoms with Gasteiger partial charge in [0, 0.05) is 24.5 Å². The van der Waals surface area contributed by atoms with Crippen molar-refractivity contribution in [2.45, 2.75) is 38.3 Å². The van der Waals surface area contributed by atoms with Crippen LogP contribution in [0.5, 0.6) is 5.75 Å². The average molecular weight is 369 g/mol. The smallest absolute Gasteiger partial charge is 0.410 e. The third-order valence-corrected chi connectivity index (χ3v) is 5.43. The Balaban J connectivity index is 1.48. The van der Waals surface area contributed by atoms with Gasteiger partial charge in [-0.3, -0.25) is 9.69 Å². The largest absolute Gasteiger partial charge is 0.506 e. The van der Waals surface area contributed by atoms with Crippen LogP contribution in [-0.4, -0.2) is 63.2 Å².